The van der Waals surface area contributed by atoms with Crippen molar-refractivity contribution in [3.05, 3.63) is 23.9 Å². The van der Waals surface area contributed by atoms with Crippen molar-refractivity contribution in [2.24, 2.45) is 5.92 Å². The van der Waals surface area contributed by atoms with Crippen molar-refractivity contribution in [2.75, 3.05) is 33.7 Å². The Kier molecular flexibility index (Phi) is 5.77. The van der Waals surface area contributed by atoms with Crippen LogP contribution in [0.15, 0.2) is 18.3 Å². The third-order valence-corrected chi connectivity index (χ3v) is 4.25. The lowest BCUT2D eigenvalue weighted by Gasteiger charge is -2.21. The Hall–Kier alpha value is -1.62. The summed E-state index contributed by atoms with van der Waals surface area (Å²) in [7, 11) is 4.00. The maximum atomic E-state index is 12.6. The molecule has 2 heterocycles. The summed E-state index contributed by atoms with van der Waals surface area (Å²) in [4.78, 5) is 20.9. The molecule has 1 fully saturated rings. The summed E-state index contributed by atoms with van der Waals surface area (Å²) in [5, 5.41) is 0. The summed E-state index contributed by atoms with van der Waals surface area (Å²) >= 11 is 0. The van der Waals surface area contributed by atoms with Crippen LogP contribution in [-0.2, 0) is 0 Å². The molecular formula is C17H27N3O2. The third kappa shape index (κ3) is 4.44. The zero-order chi connectivity index (χ0) is 16.1. The normalized spacial score (nSPS) is 19.9. The van der Waals surface area contributed by atoms with Gasteiger partial charge in [-0.3, -0.25) is 4.79 Å². The van der Waals surface area contributed by atoms with Crippen molar-refractivity contribution in [3.8, 4) is 5.88 Å². The predicted molar refractivity (Wildman–Crippen MR) is 87.2 cm³/mol. The number of ether oxygens (including phenoxy) is 1. The third-order valence-electron chi connectivity index (χ3n) is 4.25. The predicted octanol–water partition coefficient (Wildman–Crippen LogP) is 2.28. The zero-order valence-electron chi connectivity index (χ0n) is 14.1. The van der Waals surface area contributed by atoms with Crippen molar-refractivity contribution in [2.45, 2.75) is 32.8 Å². The van der Waals surface area contributed by atoms with Gasteiger partial charge in [-0.05, 0) is 45.3 Å². The first-order valence-electron chi connectivity index (χ1n) is 8.06. The second kappa shape index (κ2) is 7.58. The number of carbonyl (C=O) groups is 1. The van der Waals surface area contributed by atoms with E-state index in [2.05, 4.69) is 23.9 Å². The molecule has 22 heavy (non-hydrogen) atoms. The molecule has 1 saturated heterocycles. The molecule has 0 spiro atoms. The Bertz CT molecular complexity index is 506. The molecule has 1 aliphatic heterocycles. The molecule has 1 aromatic heterocycles. The molecular weight excluding hydrogens is 278 g/mol. The first-order chi connectivity index (χ1) is 10.5. The van der Waals surface area contributed by atoms with Crippen LogP contribution in [0, 0.1) is 5.92 Å². The summed E-state index contributed by atoms with van der Waals surface area (Å²) in [6, 6.07) is 3.49. The van der Waals surface area contributed by atoms with E-state index in [0.717, 1.165) is 32.5 Å². The maximum Gasteiger partial charge on any atom is 0.253 e. The lowest BCUT2D eigenvalue weighted by molar-refractivity contribution is 0.0773. The molecule has 5 heteroatoms. The van der Waals surface area contributed by atoms with Crippen LogP contribution in [-0.4, -0.2) is 60.5 Å². The van der Waals surface area contributed by atoms with Gasteiger partial charge < -0.3 is 14.5 Å². The van der Waals surface area contributed by atoms with Gasteiger partial charge in [0.05, 0.1) is 6.10 Å². The molecule has 122 valence electrons. The van der Waals surface area contributed by atoms with Gasteiger partial charge in [0, 0.05) is 38.0 Å². The van der Waals surface area contributed by atoms with E-state index >= 15 is 0 Å². The SMILES string of the molecule is CC[C@@H](C)Oc1cc(C(=O)N(C)C[C@H]2CCN(C)C2)ccn1. The van der Waals surface area contributed by atoms with Crippen molar-refractivity contribution in [1.29, 1.82) is 0 Å². The standard InChI is InChI=1S/C17H27N3O2/c1-5-13(2)22-16-10-15(6-8-18-16)17(21)20(4)12-14-7-9-19(3)11-14/h6,8,10,13-14H,5,7,9,11-12H2,1-4H3/t13-,14+/m1/s1. The van der Waals surface area contributed by atoms with Crippen LogP contribution >= 0.6 is 0 Å². The fourth-order valence-corrected chi connectivity index (χ4v) is 2.76. The first kappa shape index (κ1) is 16.7. The van der Waals surface area contributed by atoms with Gasteiger partial charge in [0.2, 0.25) is 5.88 Å². The van der Waals surface area contributed by atoms with Crippen molar-refractivity contribution in [1.82, 2.24) is 14.8 Å². The van der Waals surface area contributed by atoms with E-state index < -0.39 is 0 Å². The molecule has 2 atom stereocenters. The Morgan fingerprint density at radius 1 is 1.59 bits per heavy atom. The van der Waals surface area contributed by atoms with Crippen LogP contribution < -0.4 is 4.74 Å². The second-order valence-electron chi connectivity index (χ2n) is 6.32. The molecule has 0 saturated carbocycles. The summed E-state index contributed by atoms with van der Waals surface area (Å²) in [5.41, 5.74) is 0.641. The van der Waals surface area contributed by atoms with Gasteiger partial charge in [0.25, 0.3) is 5.91 Å². The topological polar surface area (TPSA) is 45.7 Å². The highest BCUT2D eigenvalue weighted by molar-refractivity contribution is 5.94. The highest BCUT2D eigenvalue weighted by Crippen LogP contribution is 2.18. The Morgan fingerprint density at radius 2 is 2.36 bits per heavy atom. The van der Waals surface area contributed by atoms with Gasteiger partial charge >= 0.3 is 0 Å². The molecule has 0 radical (unpaired) electrons. The highest BCUT2D eigenvalue weighted by atomic mass is 16.5. The number of carbonyl (C=O) groups excluding carboxylic acids is 1. The molecule has 0 aromatic carbocycles. The minimum atomic E-state index is 0.0333. The van der Waals surface area contributed by atoms with E-state index in [1.54, 1.807) is 18.3 Å². The number of hydrogen-bond donors (Lipinski definition) is 0. The summed E-state index contributed by atoms with van der Waals surface area (Å²) in [6.45, 7) is 7.04. The average Bonchev–Trinajstić information content (AvgIpc) is 2.91. The van der Waals surface area contributed by atoms with E-state index in [9.17, 15) is 4.79 Å². The van der Waals surface area contributed by atoms with Gasteiger partial charge in [-0.15, -0.1) is 0 Å². The van der Waals surface area contributed by atoms with Gasteiger partial charge in [0.15, 0.2) is 0 Å². The maximum absolute atomic E-state index is 12.6. The monoisotopic (exact) mass is 305 g/mol. The van der Waals surface area contributed by atoms with Gasteiger partial charge in [0.1, 0.15) is 0 Å². The molecule has 2 rings (SSSR count). The van der Waals surface area contributed by atoms with Crippen molar-refractivity contribution < 1.29 is 9.53 Å². The van der Waals surface area contributed by atoms with E-state index in [1.807, 2.05) is 18.9 Å². The Labute approximate surface area is 133 Å². The molecule has 5 nitrogen and oxygen atoms in total. The molecule has 0 aliphatic carbocycles. The van der Waals surface area contributed by atoms with E-state index in [4.69, 9.17) is 4.74 Å². The average molecular weight is 305 g/mol. The Morgan fingerprint density at radius 3 is 3.00 bits per heavy atom. The van der Waals surface area contributed by atoms with Crippen molar-refractivity contribution in [3.63, 3.8) is 0 Å². The fraction of sp³-hybridized carbons (Fsp3) is 0.647. The zero-order valence-corrected chi connectivity index (χ0v) is 14.1. The summed E-state index contributed by atoms with van der Waals surface area (Å²) in [5.74, 6) is 1.12. The van der Waals surface area contributed by atoms with E-state index in [0.29, 0.717) is 17.4 Å². The van der Waals surface area contributed by atoms with Crippen LogP contribution in [0.25, 0.3) is 0 Å². The smallest absolute Gasteiger partial charge is 0.253 e. The van der Waals surface area contributed by atoms with Gasteiger partial charge in [-0.1, -0.05) is 6.92 Å². The lowest BCUT2D eigenvalue weighted by Crippen LogP contribution is -2.32. The largest absolute Gasteiger partial charge is 0.475 e. The highest BCUT2D eigenvalue weighted by Gasteiger charge is 2.23. The van der Waals surface area contributed by atoms with Crippen LogP contribution in [0.4, 0.5) is 0 Å². The Balaban J connectivity index is 1.97. The molecule has 0 N–H and O–H groups in total. The number of aromatic nitrogens is 1. The minimum Gasteiger partial charge on any atom is -0.475 e. The first-order valence-corrected chi connectivity index (χ1v) is 8.06. The van der Waals surface area contributed by atoms with E-state index in [1.165, 1.54) is 0 Å². The second-order valence-corrected chi connectivity index (χ2v) is 6.32. The number of amides is 1. The number of pyridine rings is 1. The van der Waals surface area contributed by atoms with Crippen LogP contribution in [0.5, 0.6) is 5.88 Å². The molecule has 1 aliphatic rings. The molecule has 1 amide bonds. The fourth-order valence-electron chi connectivity index (χ4n) is 2.76. The van der Waals surface area contributed by atoms with Crippen LogP contribution in [0.1, 0.15) is 37.0 Å². The van der Waals surface area contributed by atoms with Crippen molar-refractivity contribution >= 4 is 5.91 Å². The van der Waals surface area contributed by atoms with Crippen LogP contribution in [0.2, 0.25) is 0 Å². The summed E-state index contributed by atoms with van der Waals surface area (Å²) in [6.07, 6.45) is 3.81. The van der Waals surface area contributed by atoms with Gasteiger partial charge in [-0.25, -0.2) is 4.98 Å². The van der Waals surface area contributed by atoms with E-state index in [-0.39, 0.29) is 12.0 Å². The number of nitrogens with zero attached hydrogens (tertiary/aromatic N) is 3. The number of likely N-dealkylation sites (tertiary alicyclic amines) is 1. The summed E-state index contributed by atoms with van der Waals surface area (Å²) < 4.78 is 5.69. The van der Waals surface area contributed by atoms with Gasteiger partial charge in [-0.2, -0.15) is 0 Å². The molecule has 0 bridgehead atoms. The lowest BCUT2D eigenvalue weighted by atomic mass is 10.1. The number of hydrogen-bond acceptors (Lipinski definition) is 4. The quantitative estimate of drug-likeness (QED) is 0.809. The van der Waals surface area contributed by atoms with Crippen LogP contribution in [0.3, 0.4) is 0 Å². The molecule has 0 unspecified atom stereocenters. The minimum absolute atomic E-state index is 0.0333. The molecule has 1 aromatic rings. The number of rotatable bonds is 6.